The Hall–Kier alpha value is -6.01. The highest BCUT2D eigenvalue weighted by Gasteiger charge is 2.47. The second-order valence-electron chi connectivity index (χ2n) is 16.6. The molecule has 6 aliphatic rings. The first-order chi connectivity index (χ1) is 27.6. The Morgan fingerprint density at radius 3 is 2.18 bits per heavy atom. The maximum Gasteiger partial charge on any atom is 0.262 e. The van der Waals surface area contributed by atoms with Crippen molar-refractivity contribution in [2.24, 2.45) is 5.41 Å². The Labute approximate surface area is 330 Å². The number of rotatable bonds is 6. The van der Waals surface area contributed by atoms with E-state index in [9.17, 15) is 29.1 Å². The van der Waals surface area contributed by atoms with Gasteiger partial charge in [0.2, 0.25) is 17.7 Å². The predicted octanol–water partition coefficient (Wildman–Crippen LogP) is 4.55. The molecule has 5 amide bonds. The van der Waals surface area contributed by atoms with Crippen LogP contribution >= 0.6 is 0 Å². The molecular weight excluding hydrogens is 723 g/mol. The molecule has 57 heavy (non-hydrogen) atoms. The maximum absolute atomic E-state index is 13.5. The zero-order chi connectivity index (χ0) is 39.0. The first-order valence-electron chi connectivity index (χ1n) is 19.9. The molecule has 3 saturated heterocycles. The highest BCUT2D eigenvalue weighted by molar-refractivity contribution is 6.23. The van der Waals surface area contributed by atoms with E-state index in [4.69, 9.17) is 4.74 Å². The lowest BCUT2D eigenvalue weighted by molar-refractivity contribution is -0.136. The molecule has 6 heterocycles. The Morgan fingerprint density at radius 2 is 1.51 bits per heavy atom. The van der Waals surface area contributed by atoms with Crippen LogP contribution in [0.25, 0.3) is 0 Å². The van der Waals surface area contributed by atoms with Crippen molar-refractivity contribution < 1.29 is 33.8 Å². The van der Waals surface area contributed by atoms with Crippen LogP contribution in [0.15, 0.2) is 84.9 Å². The smallest absolute Gasteiger partial charge is 0.262 e. The number of hydrogen-bond acceptors (Lipinski definition) is 9. The summed E-state index contributed by atoms with van der Waals surface area (Å²) in [5, 5.41) is 12.4. The fourth-order valence-corrected chi connectivity index (χ4v) is 9.97. The lowest BCUT2D eigenvalue weighted by atomic mass is 9.71. The number of carbonyl (C=O) groups excluding carboxylic acids is 5. The minimum atomic E-state index is -1.00. The number of nitrogens with one attached hydrogen (secondary N) is 1. The number of ether oxygens (including phenoxy) is 1. The van der Waals surface area contributed by atoms with E-state index in [0.29, 0.717) is 26.2 Å². The van der Waals surface area contributed by atoms with Gasteiger partial charge in [-0.25, -0.2) is 0 Å². The number of aromatic hydroxyl groups is 1. The monoisotopic (exact) mass is 765 g/mol. The first kappa shape index (κ1) is 35.4. The minimum absolute atomic E-state index is 0.0268. The van der Waals surface area contributed by atoms with E-state index >= 15 is 0 Å². The molecule has 3 fully saturated rings. The SMILES string of the molecule is O=C1CCC(N2C(=O)c3cc4c(cc3C2=O)CN(C(=O)CN2CCC3(CC2)CN(c2ccc(C5c6ccc(O)cc6OCC5c5ccccc5)cc2)C3)C4)C(=O)N1. The lowest BCUT2D eigenvalue weighted by Crippen LogP contribution is -2.61. The molecule has 0 radical (unpaired) electrons. The highest BCUT2D eigenvalue weighted by Crippen LogP contribution is 2.48. The molecule has 3 unspecified atom stereocenters. The lowest BCUT2D eigenvalue weighted by Gasteiger charge is -2.55. The van der Waals surface area contributed by atoms with Crippen LogP contribution in [0, 0.1) is 5.41 Å². The van der Waals surface area contributed by atoms with Gasteiger partial charge in [-0.3, -0.25) is 39.1 Å². The van der Waals surface area contributed by atoms with Gasteiger partial charge in [-0.1, -0.05) is 48.5 Å². The standard InChI is InChI=1S/C45H43N5O7/c51-32-10-11-33-38(20-32)57-24-36(27-4-2-1-3-5-27)41(33)28-6-8-31(9-7-28)49-25-45(26-49)14-16-47(17-15-45)23-40(53)48-21-29-18-34-35(19-30(29)22-48)44(56)50(43(34)55)37-12-13-39(52)46-42(37)54/h1-11,18-20,36-37,41,51H,12-17,21-26H2,(H,46,52,54). The summed E-state index contributed by atoms with van der Waals surface area (Å²) in [6, 6.07) is 27.3. The summed E-state index contributed by atoms with van der Waals surface area (Å²) in [4.78, 5) is 71.7. The molecule has 0 aromatic heterocycles. The third kappa shape index (κ3) is 6.13. The van der Waals surface area contributed by atoms with Gasteiger partial charge in [0.15, 0.2) is 0 Å². The Balaban J connectivity index is 0.738. The highest BCUT2D eigenvalue weighted by atomic mass is 16.5. The van der Waals surface area contributed by atoms with Crippen LogP contribution in [0.4, 0.5) is 5.69 Å². The number of hydrogen-bond donors (Lipinski definition) is 2. The van der Waals surface area contributed by atoms with Crippen LogP contribution in [-0.4, -0.2) is 94.7 Å². The van der Waals surface area contributed by atoms with Crippen molar-refractivity contribution in [2.45, 2.75) is 56.7 Å². The van der Waals surface area contributed by atoms with Crippen LogP contribution in [0.3, 0.4) is 0 Å². The van der Waals surface area contributed by atoms with Gasteiger partial charge in [-0.15, -0.1) is 0 Å². The number of piperidine rings is 2. The molecule has 6 aliphatic heterocycles. The maximum atomic E-state index is 13.5. The van der Waals surface area contributed by atoms with Crippen LogP contribution < -0.4 is 15.0 Å². The molecule has 0 saturated carbocycles. The summed E-state index contributed by atoms with van der Waals surface area (Å²) >= 11 is 0. The number of fused-ring (bicyclic) bond motifs is 3. The number of phenolic OH excluding ortho intramolecular Hbond substituents is 1. The average Bonchev–Trinajstić information content (AvgIpc) is 3.74. The Bertz CT molecular complexity index is 2280. The molecule has 0 aliphatic carbocycles. The second-order valence-corrected chi connectivity index (χ2v) is 16.6. The van der Waals surface area contributed by atoms with Gasteiger partial charge in [0, 0.05) is 67.2 Å². The third-order valence-electron chi connectivity index (χ3n) is 13.2. The van der Waals surface area contributed by atoms with E-state index in [2.05, 4.69) is 63.6 Å². The van der Waals surface area contributed by atoms with E-state index in [1.165, 1.54) is 16.8 Å². The van der Waals surface area contributed by atoms with E-state index in [1.807, 2.05) is 12.1 Å². The number of likely N-dealkylation sites (tertiary alicyclic amines) is 1. The number of phenols is 1. The van der Waals surface area contributed by atoms with Gasteiger partial charge < -0.3 is 19.6 Å². The number of carbonyl (C=O) groups is 5. The van der Waals surface area contributed by atoms with Gasteiger partial charge >= 0.3 is 0 Å². The van der Waals surface area contributed by atoms with E-state index in [-0.39, 0.29) is 52.9 Å². The van der Waals surface area contributed by atoms with Gasteiger partial charge in [-0.2, -0.15) is 0 Å². The molecule has 1 spiro atoms. The minimum Gasteiger partial charge on any atom is -0.508 e. The molecule has 4 aromatic rings. The van der Waals surface area contributed by atoms with Crippen LogP contribution in [0.5, 0.6) is 11.5 Å². The number of amides is 5. The molecule has 2 N–H and O–H groups in total. The summed E-state index contributed by atoms with van der Waals surface area (Å²) in [7, 11) is 0. The van der Waals surface area contributed by atoms with Crippen molar-refractivity contribution in [3.63, 3.8) is 0 Å². The Kier molecular flexibility index (Phi) is 8.44. The molecule has 4 aromatic carbocycles. The molecule has 12 nitrogen and oxygen atoms in total. The van der Waals surface area contributed by atoms with E-state index < -0.39 is 29.7 Å². The van der Waals surface area contributed by atoms with E-state index in [0.717, 1.165) is 66.4 Å². The van der Waals surface area contributed by atoms with Crippen molar-refractivity contribution in [3.8, 4) is 11.5 Å². The first-order valence-corrected chi connectivity index (χ1v) is 19.9. The molecule has 0 bridgehead atoms. The zero-order valence-corrected chi connectivity index (χ0v) is 31.5. The summed E-state index contributed by atoms with van der Waals surface area (Å²) < 4.78 is 6.16. The average molecular weight is 766 g/mol. The summed E-state index contributed by atoms with van der Waals surface area (Å²) in [5.41, 5.74) is 7.14. The summed E-state index contributed by atoms with van der Waals surface area (Å²) in [6.45, 7) is 5.29. The molecule has 290 valence electrons. The van der Waals surface area contributed by atoms with Gasteiger partial charge in [-0.05, 0) is 84.9 Å². The van der Waals surface area contributed by atoms with Gasteiger partial charge in [0.1, 0.15) is 17.5 Å². The number of benzene rings is 4. The van der Waals surface area contributed by atoms with E-state index in [1.54, 1.807) is 29.2 Å². The van der Waals surface area contributed by atoms with Crippen LogP contribution in [-0.2, 0) is 27.5 Å². The second kappa shape index (κ2) is 13.6. The Morgan fingerprint density at radius 1 is 0.825 bits per heavy atom. The van der Waals surface area contributed by atoms with Crippen molar-refractivity contribution in [1.29, 1.82) is 0 Å². The molecular formula is C45H43N5O7. The largest absolute Gasteiger partial charge is 0.508 e. The molecule has 12 heteroatoms. The van der Waals surface area contributed by atoms with Crippen molar-refractivity contribution in [2.75, 3.05) is 44.2 Å². The van der Waals surface area contributed by atoms with Crippen molar-refractivity contribution >= 4 is 35.2 Å². The normalized spacial score (nSPS) is 23.8. The van der Waals surface area contributed by atoms with Crippen molar-refractivity contribution in [1.82, 2.24) is 20.0 Å². The van der Waals surface area contributed by atoms with Crippen LogP contribution in [0.1, 0.15) is 86.1 Å². The fraction of sp³-hybridized carbons (Fsp3) is 0.356. The van der Waals surface area contributed by atoms with Gasteiger partial charge in [0.25, 0.3) is 11.8 Å². The summed E-state index contributed by atoms with van der Waals surface area (Å²) in [5.74, 6) is -0.898. The number of nitrogens with zero attached hydrogens (tertiary/aromatic N) is 4. The van der Waals surface area contributed by atoms with Gasteiger partial charge in [0.05, 0.1) is 24.3 Å². The fourth-order valence-electron chi connectivity index (χ4n) is 9.97. The summed E-state index contributed by atoms with van der Waals surface area (Å²) in [6.07, 6.45) is 2.24. The van der Waals surface area contributed by atoms with Crippen LogP contribution in [0.2, 0.25) is 0 Å². The molecule has 3 atom stereocenters. The van der Waals surface area contributed by atoms with Crippen molar-refractivity contribution in [3.05, 3.63) is 124 Å². The molecule has 10 rings (SSSR count). The quantitative estimate of drug-likeness (QED) is 0.271. The number of imide groups is 2. The zero-order valence-electron chi connectivity index (χ0n) is 31.5. The third-order valence-corrected chi connectivity index (χ3v) is 13.2. The predicted molar refractivity (Wildman–Crippen MR) is 209 cm³/mol. The number of anilines is 1. The topological polar surface area (TPSA) is 140 Å².